The van der Waals surface area contributed by atoms with Gasteiger partial charge < -0.3 is 26.8 Å². The Morgan fingerprint density at radius 2 is 1.94 bits per heavy atom. The predicted octanol–water partition coefficient (Wildman–Crippen LogP) is 2.30. The van der Waals surface area contributed by atoms with Gasteiger partial charge in [-0.2, -0.15) is 0 Å². The minimum absolute atomic E-state index is 0.0200. The summed E-state index contributed by atoms with van der Waals surface area (Å²) in [6.45, 7) is 5.53. The van der Waals surface area contributed by atoms with E-state index in [9.17, 15) is 29.7 Å². The molecule has 4 unspecified atom stereocenters. The number of aliphatic hydroxyl groups is 2. The summed E-state index contributed by atoms with van der Waals surface area (Å²) in [7, 11) is 0. The van der Waals surface area contributed by atoms with E-state index in [4.69, 9.17) is 11.5 Å². The number of aromatic hydroxyl groups is 1. The van der Waals surface area contributed by atoms with Crippen molar-refractivity contribution < 1.29 is 29.7 Å². The Labute approximate surface area is 191 Å². The maximum absolute atomic E-state index is 13.5. The van der Waals surface area contributed by atoms with E-state index in [0.717, 1.165) is 0 Å². The lowest BCUT2D eigenvalue weighted by molar-refractivity contribution is -0.126. The van der Waals surface area contributed by atoms with Gasteiger partial charge in [-0.25, -0.2) is 0 Å². The van der Waals surface area contributed by atoms with Gasteiger partial charge in [0.05, 0.1) is 11.5 Å². The van der Waals surface area contributed by atoms with E-state index in [2.05, 4.69) is 6.58 Å². The highest BCUT2D eigenvalue weighted by Gasteiger charge is 2.50. The lowest BCUT2D eigenvalue weighted by atomic mass is 9.62. The van der Waals surface area contributed by atoms with Crippen molar-refractivity contribution in [2.24, 2.45) is 29.2 Å². The van der Waals surface area contributed by atoms with Crippen molar-refractivity contribution in [2.75, 3.05) is 0 Å². The number of phenols is 1. The Morgan fingerprint density at radius 3 is 2.58 bits per heavy atom. The van der Waals surface area contributed by atoms with Crippen LogP contribution in [0.2, 0.25) is 0 Å². The molecule has 0 bridgehead atoms. The number of Topliss-reactive ketones (excluding diaryl/α,β-unsaturated/α-hetero) is 2. The predicted molar refractivity (Wildman–Crippen MR) is 120 cm³/mol. The van der Waals surface area contributed by atoms with Crippen molar-refractivity contribution >= 4 is 17.5 Å². The smallest absolute Gasteiger partial charge is 0.255 e. The molecule has 8 nitrogen and oxygen atoms in total. The summed E-state index contributed by atoms with van der Waals surface area (Å²) in [5.41, 5.74) is 11.7. The van der Waals surface area contributed by atoms with Gasteiger partial charge in [-0.1, -0.05) is 18.2 Å². The van der Waals surface area contributed by atoms with Crippen LogP contribution in [0.25, 0.3) is 0 Å². The Bertz CT molecular complexity index is 1160. The summed E-state index contributed by atoms with van der Waals surface area (Å²) in [6, 6.07) is 3.55. The minimum atomic E-state index is -1.12. The van der Waals surface area contributed by atoms with E-state index in [0.29, 0.717) is 36.8 Å². The molecule has 0 heterocycles. The number of amides is 1. The molecule has 1 aromatic carbocycles. The number of hydrogen-bond donors (Lipinski definition) is 5. The van der Waals surface area contributed by atoms with Gasteiger partial charge in [0.15, 0.2) is 11.6 Å². The zero-order valence-corrected chi connectivity index (χ0v) is 18.4. The molecule has 0 fully saturated rings. The maximum Gasteiger partial charge on any atom is 0.255 e. The van der Waals surface area contributed by atoms with Gasteiger partial charge in [0, 0.05) is 17.5 Å². The fraction of sp³-hybridized carbons (Fsp3) is 0.400. The first-order valence-electron chi connectivity index (χ1n) is 10.9. The minimum Gasteiger partial charge on any atom is -0.511 e. The first-order valence-corrected chi connectivity index (χ1v) is 10.9. The molecule has 4 atom stereocenters. The second kappa shape index (κ2) is 7.88. The van der Waals surface area contributed by atoms with Crippen LogP contribution in [0.4, 0.5) is 0 Å². The zero-order chi connectivity index (χ0) is 24.2. The molecule has 174 valence electrons. The number of hydrogen-bond acceptors (Lipinski definition) is 7. The van der Waals surface area contributed by atoms with Gasteiger partial charge in [-0.05, 0) is 55.6 Å². The Kier molecular flexibility index (Phi) is 5.44. The summed E-state index contributed by atoms with van der Waals surface area (Å²) in [5.74, 6) is -5.27. The molecule has 8 heteroatoms. The summed E-state index contributed by atoms with van der Waals surface area (Å²) in [6.07, 6.45) is 3.31. The van der Waals surface area contributed by atoms with Crippen LogP contribution in [0.1, 0.15) is 47.7 Å². The molecule has 3 aliphatic carbocycles. The number of allylic oxidation sites excluding steroid dienone is 3. The molecular weight excluding hydrogens is 424 g/mol. The van der Waals surface area contributed by atoms with Crippen molar-refractivity contribution in [2.45, 2.75) is 44.6 Å². The summed E-state index contributed by atoms with van der Waals surface area (Å²) in [4.78, 5) is 38.1. The molecule has 0 aromatic heterocycles. The number of nitrogens with two attached hydrogens (primary N) is 2. The lowest BCUT2D eigenvalue weighted by Gasteiger charge is -2.40. The van der Waals surface area contributed by atoms with E-state index in [1.807, 2.05) is 6.92 Å². The third-order valence-electron chi connectivity index (χ3n) is 7.05. The first kappa shape index (κ1) is 22.8. The standard InChI is InChI=1S/C25H28N2O6/c1-3-6-25(2,27)10-12-5-4-11-7-13-8-14-9-15(28)19(24(26)33)23(32)18(14)22(31)17(13)21(30)16(11)20(12)29/h3-5,13-14,18,28-29,31H,1,6-10,27H2,2H3,(H2,26,33). The summed E-state index contributed by atoms with van der Waals surface area (Å²) in [5, 5.41) is 32.2. The number of carbonyl (C=O) groups excluding carboxylic acids is 3. The third kappa shape index (κ3) is 3.64. The number of phenolic OH excluding ortho intramolecular Hbond substituents is 1. The molecule has 1 amide bonds. The fourth-order valence-electron chi connectivity index (χ4n) is 5.64. The number of aliphatic hydroxyl groups excluding tert-OH is 2. The third-order valence-corrected chi connectivity index (χ3v) is 7.05. The molecule has 4 rings (SSSR count). The van der Waals surface area contributed by atoms with Crippen LogP contribution in [0.15, 0.2) is 47.5 Å². The average molecular weight is 453 g/mol. The zero-order valence-electron chi connectivity index (χ0n) is 18.4. The fourth-order valence-corrected chi connectivity index (χ4v) is 5.64. The summed E-state index contributed by atoms with van der Waals surface area (Å²) >= 11 is 0. The normalized spacial score (nSPS) is 26.3. The molecule has 33 heavy (non-hydrogen) atoms. The Balaban J connectivity index is 1.77. The number of fused-ring (bicyclic) bond motifs is 3. The number of rotatable bonds is 5. The highest BCUT2D eigenvalue weighted by atomic mass is 16.3. The van der Waals surface area contributed by atoms with E-state index < -0.39 is 46.2 Å². The van der Waals surface area contributed by atoms with Gasteiger partial charge >= 0.3 is 0 Å². The van der Waals surface area contributed by atoms with E-state index in [1.54, 1.807) is 18.2 Å². The highest BCUT2D eigenvalue weighted by molar-refractivity contribution is 6.22. The van der Waals surface area contributed by atoms with Crippen molar-refractivity contribution in [1.29, 1.82) is 0 Å². The van der Waals surface area contributed by atoms with Crippen LogP contribution in [0.3, 0.4) is 0 Å². The van der Waals surface area contributed by atoms with Crippen molar-refractivity contribution in [3.8, 4) is 5.75 Å². The summed E-state index contributed by atoms with van der Waals surface area (Å²) < 4.78 is 0. The average Bonchev–Trinajstić information content (AvgIpc) is 2.69. The molecule has 3 aliphatic rings. The Morgan fingerprint density at radius 1 is 1.24 bits per heavy atom. The monoisotopic (exact) mass is 452 g/mol. The van der Waals surface area contributed by atoms with Crippen molar-refractivity contribution in [1.82, 2.24) is 0 Å². The molecule has 0 spiro atoms. The quantitative estimate of drug-likeness (QED) is 0.338. The molecule has 1 aromatic rings. The Hall–Kier alpha value is -3.39. The van der Waals surface area contributed by atoms with Crippen LogP contribution >= 0.6 is 0 Å². The lowest BCUT2D eigenvalue weighted by Crippen LogP contribution is -2.43. The van der Waals surface area contributed by atoms with Gasteiger partial charge in [0.25, 0.3) is 5.91 Å². The largest absolute Gasteiger partial charge is 0.511 e. The number of ketones is 2. The van der Waals surface area contributed by atoms with Crippen LogP contribution in [0, 0.1) is 17.8 Å². The molecule has 7 N–H and O–H groups in total. The van der Waals surface area contributed by atoms with Crippen LogP contribution in [-0.2, 0) is 22.4 Å². The van der Waals surface area contributed by atoms with Crippen molar-refractivity contribution in [3.05, 3.63) is 64.1 Å². The molecular formula is C25H28N2O6. The second-order valence-electron chi connectivity index (χ2n) is 9.69. The SMILES string of the molecule is C=CCC(C)(N)Cc1ccc2c(c1O)C(=O)C1=C(O)C3C(=O)C(C(N)=O)=C(O)CC3CC1C2. The van der Waals surface area contributed by atoms with Gasteiger partial charge in [-0.3, -0.25) is 14.4 Å². The van der Waals surface area contributed by atoms with Crippen LogP contribution < -0.4 is 11.5 Å². The number of carbonyl (C=O) groups is 3. The van der Waals surface area contributed by atoms with E-state index >= 15 is 0 Å². The topological polar surface area (TPSA) is 164 Å². The maximum atomic E-state index is 13.5. The second-order valence-corrected chi connectivity index (χ2v) is 9.69. The van der Waals surface area contributed by atoms with Crippen molar-refractivity contribution in [3.63, 3.8) is 0 Å². The van der Waals surface area contributed by atoms with E-state index in [-0.39, 0.29) is 35.0 Å². The van der Waals surface area contributed by atoms with Crippen LogP contribution in [0.5, 0.6) is 5.75 Å². The molecule has 0 saturated carbocycles. The molecule has 0 aliphatic heterocycles. The molecule has 0 saturated heterocycles. The first-order chi connectivity index (χ1) is 15.5. The number of primary amides is 1. The van der Waals surface area contributed by atoms with Gasteiger partial charge in [-0.15, -0.1) is 6.58 Å². The van der Waals surface area contributed by atoms with E-state index in [1.165, 1.54) is 0 Å². The van der Waals surface area contributed by atoms with Gasteiger partial charge in [0.2, 0.25) is 0 Å². The highest BCUT2D eigenvalue weighted by Crippen LogP contribution is 2.49. The van der Waals surface area contributed by atoms with Gasteiger partial charge in [0.1, 0.15) is 22.8 Å². The molecule has 0 radical (unpaired) electrons. The number of benzene rings is 1. The van der Waals surface area contributed by atoms with Crippen LogP contribution in [-0.4, -0.2) is 38.3 Å².